The van der Waals surface area contributed by atoms with Crippen molar-refractivity contribution in [1.82, 2.24) is 13.9 Å². The Kier molecular flexibility index (Phi) is 6.12. The summed E-state index contributed by atoms with van der Waals surface area (Å²) >= 11 is 0. The fourth-order valence-corrected chi connectivity index (χ4v) is 5.28. The zero-order chi connectivity index (χ0) is 17.9. The van der Waals surface area contributed by atoms with Crippen molar-refractivity contribution in [2.24, 2.45) is 0 Å². The molecule has 3 rings (SSSR count). The van der Waals surface area contributed by atoms with E-state index in [9.17, 15) is 8.42 Å². The standard InChI is InChI=1S/C18H29N3O3S/c1-15-12-21(13-16(2)24-15)25(22,23)19-18-8-10-20(11-9-18)14-17-6-4-3-5-7-17/h3-7,15-16,18-19H,8-14H2,1-2H3. The van der Waals surface area contributed by atoms with Crippen LogP contribution in [0.1, 0.15) is 32.3 Å². The number of nitrogens with zero attached hydrogens (tertiary/aromatic N) is 2. The Bertz CT molecular complexity index is 635. The van der Waals surface area contributed by atoms with Crippen molar-refractivity contribution in [2.75, 3.05) is 26.2 Å². The third kappa shape index (κ3) is 5.24. The maximum Gasteiger partial charge on any atom is 0.279 e. The first-order valence-corrected chi connectivity index (χ1v) is 10.6. The van der Waals surface area contributed by atoms with Gasteiger partial charge in [-0.2, -0.15) is 17.4 Å². The molecule has 7 heteroatoms. The second-order valence-electron chi connectivity index (χ2n) is 7.23. The number of morpholine rings is 1. The van der Waals surface area contributed by atoms with Crippen LogP contribution in [-0.4, -0.2) is 62.1 Å². The minimum absolute atomic E-state index is 0.0190. The fourth-order valence-electron chi connectivity index (χ4n) is 3.66. The summed E-state index contributed by atoms with van der Waals surface area (Å²) in [6, 6.07) is 10.4. The third-order valence-corrected chi connectivity index (χ3v) is 6.49. The Morgan fingerprint density at radius 2 is 1.68 bits per heavy atom. The van der Waals surface area contributed by atoms with Crippen LogP contribution in [0.15, 0.2) is 30.3 Å². The molecule has 6 nitrogen and oxygen atoms in total. The molecule has 2 fully saturated rings. The molecule has 2 aliphatic rings. The molecule has 25 heavy (non-hydrogen) atoms. The molecule has 2 atom stereocenters. The van der Waals surface area contributed by atoms with E-state index in [1.54, 1.807) is 0 Å². The number of likely N-dealkylation sites (tertiary alicyclic amines) is 1. The van der Waals surface area contributed by atoms with Gasteiger partial charge in [-0.25, -0.2) is 0 Å². The monoisotopic (exact) mass is 367 g/mol. The number of rotatable bonds is 5. The van der Waals surface area contributed by atoms with E-state index in [1.165, 1.54) is 9.87 Å². The molecule has 140 valence electrons. The van der Waals surface area contributed by atoms with Gasteiger partial charge in [0.25, 0.3) is 10.2 Å². The molecule has 0 spiro atoms. The molecule has 0 saturated carbocycles. The summed E-state index contributed by atoms with van der Waals surface area (Å²) in [6.07, 6.45) is 1.57. The van der Waals surface area contributed by atoms with Gasteiger partial charge in [-0.15, -0.1) is 0 Å². The van der Waals surface area contributed by atoms with Crippen LogP contribution in [0.2, 0.25) is 0 Å². The molecular formula is C18H29N3O3S. The summed E-state index contributed by atoms with van der Waals surface area (Å²) < 4.78 is 35.4. The van der Waals surface area contributed by atoms with Crippen LogP contribution < -0.4 is 4.72 Å². The molecule has 1 aromatic carbocycles. The van der Waals surface area contributed by atoms with Crippen LogP contribution in [0.25, 0.3) is 0 Å². The van der Waals surface area contributed by atoms with Crippen LogP contribution >= 0.6 is 0 Å². The average Bonchev–Trinajstić information content (AvgIpc) is 2.56. The van der Waals surface area contributed by atoms with E-state index >= 15 is 0 Å². The minimum Gasteiger partial charge on any atom is -0.373 e. The lowest BCUT2D eigenvalue weighted by Gasteiger charge is -2.37. The van der Waals surface area contributed by atoms with Gasteiger partial charge in [-0.3, -0.25) is 4.90 Å². The van der Waals surface area contributed by atoms with E-state index in [1.807, 2.05) is 19.9 Å². The molecule has 1 aromatic rings. The predicted molar refractivity (Wildman–Crippen MR) is 98.4 cm³/mol. The molecule has 2 unspecified atom stereocenters. The molecular weight excluding hydrogens is 338 g/mol. The summed E-state index contributed by atoms with van der Waals surface area (Å²) in [4.78, 5) is 2.39. The second kappa shape index (κ2) is 8.14. The van der Waals surface area contributed by atoms with E-state index in [-0.39, 0.29) is 18.2 Å². The molecule has 2 aliphatic heterocycles. The Labute approximate surface area is 151 Å². The van der Waals surface area contributed by atoms with Gasteiger partial charge in [0.1, 0.15) is 0 Å². The molecule has 2 saturated heterocycles. The van der Waals surface area contributed by atoms with Crippen LogP contribution in [0.4, 0.5) is 0 Å². The summed E-state index contributed by atoms with van der Waals surface area (Å²) in [5.41, 5.74) is 1.30. The van der Waals surface area contributed by atoms with E-state index < -0.39 is 10.2 Å². The third-order valence-electron chi connectivity index (χ3n) is 4.88. The first-order valence-electron chi connectivity index (χ1n) is 9.11. The van der Waals surface area contributed by atoms with Crippen molar-refractivity contribution in [2.45, 2.75) is 51.5 Å². The molecule has 0 bridgehead atoms. The lowest BCUT2D eigenvalue weighted by Crippen LogP contribution is -2.55. The zero-order valence-corrected chi connectivity index (χ0v) is 15.9. The lowest BCUT2D eigenvalue weighted by molar-refractivity contribution is -0.0445. The molecule has 0 aliphatic carbocycles. The quantitative estimate of drug-likeness (QED) is 0.859. The van der Waals surface area contributed by atoms with Gasteiger partial charge in [0.2, 0.25) is 0 Å². The summed E-state index contributed by atoms with van der Waals surface area (Å²) in [6.45, 7) is 7.44. The summed E-state index contributed by atoms with van der Waals surface area (Å²) in [5, 5.41) is 0. The van der Waals surface area contributed by atoms with E-state index in [0.717, 1.165) is 32.5 Å². The maximum absolute atomic E-state index is 12.7. The summed E-state index contributed by atoms with van der Waals surface area (Å²) in [5.74, 6) is 0. The van der Waals surface area contributed by atoms with E-state index in [0.29, 0.717) is 13.1 Å². The fraction of sp³-hybridized carbons (Fsp3) is 0.667. The number of nitrogens with one attached hydrogen (secondary N) is 1. The Morgan fingerprint density at radius 3 is 2.28 bits per heavy atom. The largest absolute Gasteiger partial charge is 0.373 e. The molecule has 0 radical (unpaired) electrons. The second-order valence-corrected chi connectivity index (χ2v) is 8.94. The van der Waals surface area contributed by atoms with Crippen molar-refractivity contribution in [3.63, 3.8) is 0 Å². The van der Waals surface area contributed by atoms with Crippen molar-refractivity contribution in [3.05, 3.63) is 35.9 Å². The normalized spacial score (nSPS) is 27.4. The molecule has 1 N–H and O–H groups in total. The van der Waals surface area contributed by atoms with Gasteiger partial charge in [0.05, 0.1) is 12.2 Å². The first-order chi connectivity index (χ1) is 11.9. The molecule has 0 aromatic heterocycles. The maximum atomic E-state index is 12.7. The highest BCUT2D eigenvalue weighted by atomic mass is 32.2. The van der Waals surface area contributed by atoms with E-state index in [2.05, 4.69) is 33.9 Å². The predicted octanol–water partition coefficient (Wildman–Crippen LogP) is 1.59. The number of hydrogen-bond donors (Lipinski definition) is 1. The number of ether oxygens (including phenoxy) is 1. The Morgan fingerprint density at radius 1 is 1.08 bits per heavy atom. The zero-order valence-electron chi connectivity index (χ0n) is 15.1. The van der Waals surface area contributed by atoms with Gasteiger partial charge in [-0.05, 0) is 32.3 Å². The first kappa shape index (κ1) is 18.8. The van der Waals surface area contributed by atoms with Crippen LogP contribution in [-0.2, 0) is 21.5 Å². The van der Waals surface area contributed by atoms with Gasteiger partial charge in [0, 0.05) is 38.8 Å². The minimum atomic E-state index is -3.44. The van der Waals surface area contributed by atoms with Gasteiger partial charge in [-0.1, -0.05) is 30.3 Å². The van der Waals surface area contributed by atoms with Crippen molar-refractivity contribution in [3.8, 4) is 0 Å². The summed E-state index contributed by atoms with van der Waals surface area (Å²) in [7, 11) is -3.44. The molecule has 2 heterocycles. The highest BCUT2D eigenvalue weighted by Gasteiger charge is 2.33. The Balaban J connectivity index is 1.49. The van der Waals surface area contributed by atoms with Crippen molar-refractivity contribution in [1.29, 1.82) is 0 Å². The topological polar surface area (TPSA) is 61.9 Å². The smallest absolute Gasteiger partial charge is 0.279 e. The van der Waals surface area contributed by atoms with Crippen molar-refractivity contribution >= 4 is 10.2 Å². The average molecular weight is 368 g/mol. The SMILES string of the molecule is CC1CN(S(=O)(=O)NC2CCN(Cc3ccccc3)CC2)CC(C)O1. The number of piperidine rings is 1. The van der Waals surface area contributed by atoms with Crippen LogP contribution in [0.3, 0.4) is 0 Å². The van der Waals surface area contributed by atoms with Crippen LogP contribution in [0, 0.1) is 0 Å². The van der Waals surface area contributed by atoms with Crippen molar-refractivity contribution < 1.29 is 13.2 Å². The highest BCUT2D eigenvalue weighted by Crippen LogP contribution is 2.18. The lowest BCUT2D eigenvalue weighted by atomic mass is 10.1. The molecule has 0 amide bonds. The van der Waals surface area contributed by atoms with E-state index in [4.69, 9.17) is 4.74 Å². The van der Waals surface area contributed by atoms with Gasteiger partial charge in [0.15, 0.2) is 0 Å². The Hall–Kier alpha value is -0.990. The van der Waals surface area contributed by atoms with Gasteiger partial charge >= 0.3 is 0 Å². The number of hydrogen-bond acceptors (Lipinski definition) is 4. The van der Waals surface area contributed by atoms with Crippen LogP contribution in [0.5, 0.6) is 0 Å². The van der Waals surface area contributed by atoms with Gasteiger partial charge < -0.3 is 4.74 Å². The highest BCUT2D eigenvalue weighted by molar-refractivity contribution is 7.87. The number of benzene rings is 1.